The Labute approximate surface area is 129 Å². The molecule has 0 aliphatic heterocycles. The van der Waals surface area contributed by atoms with Crippen LogP contribution in [0.5, 0.6) is 0 Å². The summed E-state index contributed by atoms with van der Waals surface area (Å²) in [6, 6.07) is 7.40. The van der Waals surface area contributed by atoms with Crippen LogP contribution in [-0.4, -0.2) is 32.9 Å². The summed E-state index contributed by atoms with van der Waals surface area (Å²) in [7, 11) is -1.73. The summed E-state index contributed by atoms with van der Waals surface area (Å²) in [5, 5.41) is 3.32. The molecule has 1 unspecified atom stereocenters. The third kappa shape index (κ3) is 5.09. The van der Waals surface area contributed by atoms with Gasteiger partial charge in [-0.05, 0) is 43.5 Å². The molecule has 0 fully saturated rings. The summed E-state index contributed by atoms with van der Waals surface area (Å²) in [5.41, 5.74) is 1.10. The van der Waals surface area contributed by atoms with Gasteiger partial charge in [0.1, 0.15) is 0 Å². The first-order valence-electron chi connectivity index (χ1n) is 7.58. The lowest BCUT2D eigenvalue weighted by Crippen LogP contribution is -2.28. The minimum Gasteiger partial charge on any atom is -0.310 e. The van der Waals surface area contributed by atoms with Crippen LogP contribution in [0.15, 0.2) is 29.2 Å². The van der Waals surface area contributed by atoms with Crippen molar-refractivity contribution in [3.8, 4) is 0 Å². The van der Waals surface area contributed by atoms with Crippen molar-refractivity contribution in [3.63, 3.8) is 0 Å². The molecule has 1 aromatic carbocycles. The fraction of sp³-hybridized carbons (Fsp3) is 0.625. The number of rotatable bonds is 8. The average Bonchev–Trinajstić information content (AvgIpc) is 2.45. The molecule has 0 heterocycles. The van der Waals surface area contributed by atoms with E-state index in [2.05, 4.69) is 33.0 Å². The first-order valence-corrected chi connectivity index (χ1v) is 9.02. The highest BCUT2D eigenvalue weighted by Gasteiger charge is 2.20. The summed E-state index contributed by atoms with van der Waals surface area (Å²) in [5.74, 6) is 0.492. The number of sulfonamides is 1. The molecule has 0 radical (unpaired) electrons. The fourth-order valence-corrected chi connectivity index (χ4v) is 3.28. The van der Waals surface area contributed by atoms with Crippen LogP contribution in [0.1, 0.15) is 45.7 Å². The lowest BCUT2D eigenvalue weighted by Gasteiger charge is -2.19. The maximum absolute atomic E-state index is 12.5. The SMILES string of the molecule is CCNC(C)c1ccc(S(=O)(=O)N(C)CCC(C)C)cc1. The van der Waals surface area contributed by atoms with E-state index in [1.54, 1.807) is 19.2 Å². The van der Waals surface area contributed by atoms with Crippen molar-refractivity contribution in [1.82, 2.24) is 9.62 Å². The van der Waals surface area contributed by atoms with Crippen molar-refractivity contribution in [2.45, 2.75) is 45.1 Å². The molecular formula is C16H28N2O2S. The van der Waals surface area contributed by atoms with Crippen molar-refractivity contribution in [2.24, 2.45) is 5.92 Å². The Hall–Kier alpha value is -0.910. The van der Waals surface area contributed by atoms with Gasteiger partial charge in [-0.1, -0.05) is 32.9 Å². The van der Waals surface area contributed by atoms with Gasteiger partial charge in [0.25, 0.3) is 0 Å². The van der Waals surface area contributed by atoms with Gasteiger partial charge in [0.15, 0.2) is 0 Å². The standard InChI is InChI=1S/C16H28N2O2S/c1-6-17-14(4)15-7-9-16(10-8-15)21(19,20)18(5)12-11-13(2)3/h7-10,13-14,17H,6,11-12H2,1-5H3. The van der Waals surface area contributed by atoms with Crippen LogP contribution in [0.3, 0.4) is 0 Å². The highest BCUT2D eigenvalue weighted by atomic mass is 32.2. The molecule has 0 saturated carbocycles. The molecule has 120 valence electrons. The number of nitrogens with one attached hydrogen (secondary N) is 1. The summed E-state index contributed by atoms with van der Waals surface area (Å²) in [4.78, 5) is 0.362. The smallest absolute Gasteiger partial charge is 0.242 e. The van der Waals surface area contributed by atoms with Crippen LogP contribution in [-0.2, 0) is 10.0 Å². The maximum Gasteiger partial charge on any atom is 0.242 e. The Morgan fingerprint density at radius 2 is 1.71 bits per heavy atom. The van der Waals surface area contributed by atoms with Crippen LogP contribution in [0.2, 0.25) is 0 Å². The molecule has 4 nitrogen and oxygen atoms in total. The Kier molecular flexibility index (Phi) is 6.84. The van der Waals surface area contributed by atoms with Crippen molar-refractivity contribution < 1.29 is 8.42 Å². The van der Waals surface area contributed by atoms with Crippen molar-refractivity contribution in [3.05, 3.63) is 29.8 Å². The van der Waals surface area contributed by atoms with E-state index in [9.17, 15) is 8.42 Å². The molecule has 0 spiro atoms. The van der Waals surface area contributed by atoms with E-state index in [-0.39, 0.29) is 6.04 Å². The largest absolute Gasteiger partial charge is 0.310 e. The van der Waals surface area contributed by atoms with Crippen LogP contribution in [0.4, 0.5) is 0 Å². The van der Waals surface area contributed by atoms with E-state index < -0.39 is 10.0 Å². The average molecular weight is 312 g/mol. The molecule has 1 N–H and O–H groups in total. The molecule has 0 aliphatic rings. The predicted octanol–water partition coefficient (Wildman–Crippen LogP) is 3.02. The first-order chi connectivity index (χ1) is 9.78. The monoisotopic (exact) mass is 312 g/mol. The van der Waals surface area contributed by atoms with Gasteiger partial charge in [0, 0.05) is 19.6 Å². The lowest BCUT2D eigenvalue weighted by atomic mass is 10.1. The van der Waals surface area contributed by atoms with E-state index in [1.807, 2.05) is 12.1 Å². The minimum absolute atomic E-state index is 0.227. The first kappa shape index (κ1) is 18.1. The molecule has 0 bridgehead atoms. The van der Waals surface area contributed by atoms with Crippen molar-refractivity contribution >= 4 is 10.0 Å². The van der Waals surface area contributed by atoms with Gasteiger partial charge >= 0.3 is 0 Å². The summed E-state index contributed by atoms with van der Waals surface area (Å²) in [6.07, 6.45) is 0.866. The molecule has 0 amide bonds. The molecule has 1 aromatic rings. The number of nitrogens with zero attached hydrogens (tertiary/aromatic N) is 1. The second-order valence-corrected chi connectivity index (χ2v) is 7.90. The molecule has 1 atom stereocenters. The zero-order valence-electron chi connectivity index (χ0n) is 13.8. The Morgan fingerprint density at radius 3 is 2.19 bits per heavy atom. The quantitative estimate of drug-likeness (QED) is 0.803. The van der Waals surface area contributed by atoms with E-state index in [1.165, 1.54) is 4.31 Å². The lowest BCUT2D eigenvalue weighted by molar-refractivity contribution is 0.428. The van der Waals surface area contributed by atoms with Gasteiger partial charge in [-0.3, -0.25) is 0 Å². The van der Waals surface area contributed by atoms with Crippen LogP contribution < -0.4 is 5.32 Å². The van der Waals surface area contributed by atoms with Crippen molar-refractivity contribution in [1.29, 1.82) is 0 Å². The normalized spacial score (nSPS) is 13.9. The molecule has 1 rings (SSSR count). The fourth-order valence-electron chi connectivity index (χ4n) is 2.09. The van der Waals surface area contributed by atoms with Gasteiger partial charge in [-0.2, -0.15) is 0 Å². The summed E-state index contributed by atoms with van der Waals surface area (Å²) < 4.78 is 26.4. The highest BCUT2D eigenvalue weighted by Crippen LogP contribution is 2.19. The molecule has 21 heavy (non-hydrogen) atoms. The summed E-state index contributed by atoms with van der Waals surface area (Å²) >= 11 is 0. The molecular weight excluding hydrogens is 284 g/mol. The van der Waals surface area contributed by atoms with E-state index in [4.69, 9.17) is 0 Å². The number of hydrogen-bond acceptors (Lipinski definition) is 3. The topological polar surface area (TPSA) is 49.4 Å². The number of benzene rings is 1. The number of hydrogen-bond donors (Lipinski definition) is 1. The molecule has 0 aliphatic carbocycles. The molecule has 0 aromatic heterocycles. The zero-order chi connectivity index (χ0) is 16.0. The van der Waals surface area contributed by atoms with Gasteiger partial charge in [-0.15, -0.1) is 0 Å². The van der Waals surface area contributed by atoms with E-state index >= 15 is 0 Å². The molecule has 0 saturated heterocycles. The molecule has 5 heteroatoms. The Bertz CT molecular complexity index is 524. The van der Waals surface area contributed by atoms with Crippen molar-refractivity contribution in [2.75, 3.05) is 20.1 Å². The Balaban J connectivity index is 2.84. The Morgan fingerprint density at radius 1 is 1.14 bits per heavy atom. The highest BCUT2D eigenvalue weighted by molar-refractivity contribution is 7.89. The second kappa shape index (κ2) is 7.92. The summed E-state index contributed by atoms with van der Waals surface area (Å²) in [6.45, 7) is 9.75. The third-order valence-electron chi connectivity index (χ3n) is 3.62. The van der Waals surface area contributed by atoms with E-state index in [0.29, 0.717) is 17.4 Å². The third-order valence-corrected chi connectivity index (χ3v) is 5.49. The van der Waals surface area contributed by atoms with Gasteiger partial charge in [0.05, 0.1) is 4.90 Å². The van der Waals surface area contributed by atoms with Crippen LogP contribution in [0, 0.1) is 5.92 Å². The van der Waals surface area contributed by atoms with Crippen LogP contribution in [0.25, 0.3) is 0 Å². The second-order valence-electron chi connectivity index (χ2n) is 5.86. The maximum atomic E-state index is 12.5. The minimum atomic E-state index is -3.38. The zero-order valence-corrected chi connectivity index (χ0v) is 14.6. The van der Waals surface area contributed by atoms with Crippen LogP contribution >= 0.6 is 0 Å². The predicted molar refractivity (Wildman–Crippen MR) is 87.8 cm³/mol. The van der Waals surface area contributed by atoms with E-state index in [0.717, 1.165) is 18.5 Å². The van der Waals surface area contributed by atoms with Gasteiger partial charge < -0.3 is 5.32 Å². The van der Waals surface area contributed by atoms with Gasteiger partial charge in [0.2, 0.25) is 10.0 Å². The van der Waals surface area contributed by atoms with Gasteiger partial charge in [-0.25, -0.2) is 12.7 Å².